The third-order valence-electron chi connectivity index (χ3n) is 5.64. The van der Waals surface area contributed by atoms with Gasteiger partial charge in [0, 0.05) is 38.2 Å². The summed E-state index contributed by atoms with van der Waals surface area (Å²) in [5.41, 5.74) is 2.05. The van der Waals surface area contributed by atoms with Gasteiger partial charge in [0.1, 0.15) is 6.10 Å². The van der Waals surface area contributed by atoms with Gasteiger partial charge in [0.25, 0.3) is 5.91 Å². The number of nitrogens with zero attached hydrogens (tertiary/aromatic N) is 2. The van der Waals surface area contributed by atoms with Crippen LogP contribution in [0.15, 0.2) is 29.8 Å². The Hall–Kier alpha value is -1.92. The van der Waals surface area contributed by atoms with Gasteiger partial charge < -0.3 is 14.4 Å². The molecule has 144 valence electrons. The molecule has 1 amide bonds. The van der Waals surface area contributed by atoms with E-state index in [0.717, 1.165) is 54.8 Å². The molecule has 2 aromatic heterocycles. The van der Waals surface area contributed by atoms with E-state index in [1.165, 1.54) is 11.3 Å². The molecule has 0 saturated carbocycles. The van der Waals surface area contributed by atoms with Crippen molar-refractivity contribution in [3.05, 3.63) is 45.8 Å². The van der Waals surface area contributed by atoms with E-state index in [4.69, 9.17) is 9.47 Å². The Morgan fingerprint density at radius 1 is 1.33 bits per heavy atom. The van der Waals surface area contributed by atoms with Crippen LogP contribution in [-0.2, 0) is 4.74 Å². The van der Waals surface area contributed by atoms with Crippen LogP contribution in [0.5, 0.6) is 5.88 Å². The van der Waals surface area contributed by atoms with E-state index in [1.54, 1.807) is 6.20 Å². The number of hydrogen-bond acceptors (Lipinski definition) is 5. The number of carbonyl (C=O) groups excluding carboxylic acids is 1. The number of pyridine rings is 1. The number of thiophene rings is 1. The van der Waals surface area contributed by atoms with Crippen molar-refractivity contribution in [2.45, 2.75) is 51.2 Å². The molecular weight excluding hydrogens is 360 g/mol. The van der Waals surface area contributed by atoms with Crippen LogP contribution in [-0.4, -0.2) is 47.2 Å². The number of hydrogen-bond donors (Lipinski definition) is 0. The number of rotatable bonds is 3. The Morgan fingerprint density at radius 3 is 2.85 bits per heavy atom. The van der Waals surface area contributed by atoms with E-state index in [-0.39, 0.29) is 17.6 Å². The van der Waals surface area contributed by atoms with Gasteiger partial charge in [-0.2, -0.15) is 0 Å². The number of ether oxygens (including phenoxy) is 2. The lowest BCUT2D eigenvalue weighted by Crippen LogP contribution is -2.52. The van der Waals surface area contributed by atoms with Gasteiger partial charge in [0.2, 0.25) is 5.88 Å². The highest BCUT2D eigenvalue weighted by atomic mass is 32.1. The molecule has 0 aliphatic carbocycles. The summed E-state index contributed by atoms with van der Waals surface area (Å²) in [4.78, 5) is 19.9. The summed E-state index contributed by atoms with van der Waals surface area (Å²) in [5.74, 6) is 0.850. The van der Waals surface area contributed by atoms with Crippen LogP contribution in [0, 0.1) is 13.8 Å². The Labute approximate surface area is 164 Å². The zero-order valence-corrected chi connectivity index (χ0v) is 16.8. The van der Waals surface area contributed by atoms with E-state index in [0.29, 0.717) is 12.5 Å². The van der Waals surface area contributed by atoms with Crippen molar-refractivity contribution in [2.24, 2.45) is 0 Å². The highest BCUT2D eigenvalue weighted by Gasteiger charge is 2.42. The molecular formula is C21H26N2O3S. The third kappa shape index (κ3) is 4.01. The lowest BCUT2D eigenvalue weighted by Gasteiger charge is -2.45. The SMILES string of the molecule is Cc1ccnc(OC2CCOC3(CCN(C(=O)c4sccc4C)CC3)C2)c1. The molecule has 1 spiro atoms. The molecule has 2 aliphatic heterocycles. The number of likely N-dealkylation sites (tertiary alicyclic amines) is 1. The van der Waals surface area contributed by atoms with Crippen molar-refractivity contribution in [1.29, 1.82) is 0 Å². The van der Waals surface area contributed by atoms with Crippen LogP contribution in [0.25, 0.3) is 0 Å². The first-order valence-electron chi connectivity index (χ1n) is 9.61. The fourth-order valence-electron chi connectivity index (χ4n) is 4.03. The minimum Gasteiger partial charge on any atom is -0.474 e. The van der Waals surface area contributed by atoms with Crippen molar-refractivity contribution in [3.63, 3.8) is 0 Å². The summed E-state index contributed by atoms with van der Waals surface area (Å²) in [6.07, 6.45) is 5.39. The van der Waals surface area contributed by atoms with Crippen molar-refractivity contribution >= 4 is 17.2 Å². The van der Waals surface area contributed by atoms with Gasteiger partial charge in [-0.05, 0) is 55.3 Å². The quantitative estimate of drug-likeness (QED) is 0.800. The summed E-state index contributed by atoms with van der Waals surface area (Å²) >= 11 is 1.53. The van der Waals surface area contributed by atoms with Crippen molar-refractivity contribution in [2.75, 3.05) is 19.7 Å². The highest BCUT2D eigenvalue weighted by Crippen LogP contribution is 2.37. The first kappa shape index (κ1) is 18.4. The second-order valence-corrected chi connectivity index (χ2v) is 8.58. The molecule has 0 aromatic carbocycles. The summed E-state index contributed by atoms with van der Waals surface area (Å²) in [6.45, 7) is 6.23. The van der Waals surface area contributed by atoms with Crippen LogP contribution in [0.2, 0.25) is 0 Å². The van der Waals surface area contributed by atoms with Crippen LogP contribution in [0.3, 0.4) is 0 Å². The molecule has 4 rings (SSSR count). The molecule has 5 nitrogen and oxygen atoms in total. The summed E-state index contributed by atoms with van der Waals surface area (Å²) in [7, 11) is 0. The van der Waals surface area contributed by atoms with E-state index in [2.05, 4.69) is 4.98 Å². The van der Waals surface area contributed by atoms with E-state index < -0.39 is 0 Å². The van der Waals surface area contributed by atoms with Crippen molar-refractivity contribution < 1.29 is 14.3 Å². The van der Waals surface area contributed by atoms with E-state index in [1.807, 2.05) is 42.3 Å². The topological polar surface area (TPSA) is 51.7 Å². The van der Waals surface area contributed by atoms with Gasteiger partial charge in [-0.1, -0.05) is 0 Å². The van der Waals surface area contributed by atoms with Crippen LogP contribution >= 0.6 is 11.3 Å². The lowest BCUT2D eigenvalue weighted by molar-refractivity contribution is -0.135. The molecule has 0 N–H and O–H groups in total. The average molecular weight is 387 g/mol. The molecule has 2 saturated heterocycles. The predicted octanol–water partition coefficient (Wildman–Crippen LogP) is 3.99. The van der Waals surface area contributed by atoms with Gasteiger partial charge in [-0.25, -0.2) is 4.98 Å². The Balaban J connectivity index is 1.37. The Morgan fingerprint density at radius 2 is 2.15 bits per heavy atom. The minimum absolute atomic E-state index is 0.120. The fraction of sp³-hybridized carbons (Fsp3) is 0.524. The fourth-order valence-corrected chi connectivity index (χ4v) is 4.92. The van der Waals surface area contributed by atoms with Crippen LogP contribution in [0.1, 0.15) is 46.5 Å². The van der Waals surface area contributed by atoms with E-state index in [9.17, 15) is 4.79 Å². The molecule has 0 radical (unpaired) electrons. The molecule has 2 fully saturated rings. The first-order chi connectivity index (χ1) is 13.0. The number of aryl methyl sites for hydroxylation is 2. The molecule has 2 aromatic rings. The highest BCUT2D eigenvalue weighted by molar-refractivity contribution is 7.12. The zero-order valence-electron chi connectivity index (χ0n) is 15.9. The van der Waals surface area contributed by atoms with E-state index >= 15 is 0 Å². The Kier molecular flexibility index (Phi) is 5.19. The molecule has 2 aliphatic rings. The normalized spacial score (nSPS) is 22.0. The van der Waals surface area contributed by atoms with Crippen LogP contribution in [0.4, 0.5) is 0 Å². The number of carbonyl (C=O) groups is 1. The predicted molar refractivity (Wildman–Crippen MR) is 106 cm³/mol. The van der Waals surface area contributed by atoms with Crippen molar-refractivity contribution in [1.82, 2.24) is 9.88 Å². The lowest BCUT2D eigenvalue weighted by atomic mass is 9.83. The van der Waals surface area contributed by atoms with Gasteiger partial charge >= 0.3 is 0 Å². The number of aromatic nitrogens is 1. The summed E-state index contributed by atoms with van der Waals surface area (Å²) in [6, 6.07) is 5.96. The minimum atomic E-state index is -0.173. The third-order valence-corrected chi connectivity index (χ3v) is 6.65. The summed E-state index contributed by atoms with van der Waals surface area (Å²) < 4.78 is 12.3. The Bertz CT molecular complexity index is 811. The average Bonchev–Trinajstić information content (AvgIpc) is 3.08. The standard InChI is InChI=1S/C21H26N2O3S/c1-15-3-8-22-18(13-15)26-17-4-11-25-21(14-17)6-9-23(10-7-21)20(24)19-16(2)5-12-27-19/h3,5,8,12-13,17H,4,6-7,9-11,14H2,1-2H3. The van der Waals surface area contributed by atoms with Gasteiger partial charge in [-0.3, -0.25) is 4.79 Å². The maximum Gasteiger partial charge on any atom is 0.264 e. The smallest absolute Gasteiger partial charge is 0.264 e. The number of amides is 1. The maximum absolute atomic E-state index is 12.8. The molecule has 1 unspecified atom stereocenters. The van der Waals surface area contributed by atoms with Gasteiger partial charge in [-0.15, -0.1) is 11.3 Å². The molecule has 0 bridgehead atoms. The van der Waals surface area contributed by atoms with Crippen molar-refractivity contribution in [3.8, 4) is 5.88 Å². The maximum atomic E-state index is 12.8. The monoisotopic (exact) mass is 386 g/mol. The summed E-state index contributed by atoms with van der Waals surface area (Å²) in [5, 5.41) is 1.99. The largest absolute Gasteiger partial charge is 0.474 e. The molecule has 27 heavy (non-hydrogen) atoms. The van der Waals surface area contributed by atoms with Crippen LogP contribution < -0.4 is 4.74 Å². The van der Waals surface area contributed by atoms with Gasteiger partial charge in [0.05, 0.1) is 17.1 Å². The second-order valence-electron chi connectivity index (χ2n) is 7.66. The number of piperidine rings is 1. The van der Waals surface area contributed by atoms with Gasteiger partial charge in [0.15, 0.2) is 0 Å². The molecule has 6 heteroatoms. The molecule has 4 heterocycles. The molecule has 1 atom stereocenters. The zero-order chi connectivity index (χ0) is 18.9. The first-order valence-corrected chi connectivity index (χ1v) is 10.5. The second kappa shape index (κ2) is 7.60.